The van der Waals surface area contributed by atoms with Crippen LogP contribution in [0.15, 0.2) is 44.6 Å². The molecule has 0 saturated carbocycles. The van der Waals surface area contributed by atoms with Gasteiger partial charge in [0, 0.05) is 6.21 Å². The summed E-state index contributed by atoms with van der Waals surface area (Å²) in [5.74, 6) is 0.409. The van der Waals surface area contributed by atoms with E-state index in [1.54, 1.807) is 36.5 Å². The van der Waals surface area contributed by atoms with Gasteiger partial charge in [0.1, 0.15) is 0 Å². The molecule has 112 valence electrons. The van der Waals surface area contributed by atoms with Gasteiger partial charge in [-0.2, -0.15) is 0 Å². The summed E-state index contributed by atoms with van der Waals surface area (Å²) in [4.78, 5) is 21.0. The van der Waals surface area contributed by atoms with E-state index in [9.17, 15) is 9.90 Å². The van der Waals surface area contributed by atoms with E-state index in [1.165, 1.54) is 7.11 Å². The van der Waals surface area contributed by atoms with Crippen molar-refractivity contribution in [1.29, 1.82) is 0 Å². The first-order valence-corrected chi connectivity index (χ1v) is 7.19. The summed E-state index contributed by atoms with van der Waals surface area (Å²) >= 11 is 3.26. The molecule has 0 aliphatic carbocycles. The Morgan fingerprint density at radius 1 is 1.23 bits per heavy atom. The zero-order valence-corrected chi connectivity index (χ0v) is 13.1. The number of aliphatic imine (C=N–C) groups is 1. The predicted molar refractivity (Wildman–Crippen MR) is 88.5 cm³/mol. The third-order valence-corrected chi connectivity index (χ3v) is 3.74. The highest BCUT2D eigenvalue weighted by molar-refractivity contribution is 9.10. The molecule has 6 nitrogen and oxygen atoms in total. The Hall–Kier alpha value is -2.54. The lowest BCUT2D eigenvalue weighted by Crippen LogP contribution is -1.99. The molecule has 1 aromatic heterocycles. The van der Waals surface area contributed by atoms with Crippen molar-refractivity contribution in [2.45, 2.75) is 0 Å². The number of halogens is 1. The standard InChI is InChI=1S/C15H12BrN3O3/c1-22-13-5-8(4-10(16)14(13)20)7-17-9-2-3-11-12(6-9)19-15(21)18-11/h2-7,20H,1H3,(H2,18,19,21). The lowest BCUT2D eigenvalue weighted by Gasteiger charge is -2.06. The van der Waals surface area contributed by atoms with E-state index >= 15 is 0 Å². The van der Waals surface area contributed by atoms with Gasteiger partial charge in [0.2, 0.25) is 0 Å². The Bertz CT molecular complexity index is 927. The topological polar surface area (TPSA) is 90.5 Å². The number of phenolic OH excluding ortho intramolecular Hbond substituents is 1. The Morgan fingerprint density at radius 3 is 2.77 bits per heavy atom. The van der Waals surface area contributed by atoms with Crippen LogP contribution in [0.4, 0.5) is 5.69 Å². The molecular weight excluding hydrogens is 350 g/mol. The normalized spacial score (nSPS) is 11.4. The van der Waals surface area contributed by atoms with E-state index in [4.69, 9.17) is 4.74 Å². The van der Waals surface area contributed by atoms with E-state index in [1.807, 2.05) is 0 Å². The lowest BCUT2D eigenvalue weighted by atomic mass is 10.2. The van der Waals surface area contributed by atoms with Crippen LogP contribution in [0.1, 0.15) is 5.56 Å². The summed E-state index contributed by atoms with van der Waals surface area (Å²) < 4.78 is 5.62. The zero-order chi connectivity index (χ0) is 15.7. The highest BCUT2D eigenvalue weighted by Gasteiger charge is 2.07. The molecule has 3 N–H and O–H groups in total. The fourth-order valence-corrected chi connectivity index (χ4v) is 2.53. The van der Waals surface area contributed by atoms with Crippen LogP contribution in [0.5, 0.6) is 11.5 Å². The van der Waals surface area contributed by atoms with Crippen LogP contribution in [-0.4, -0.2) is 28.4 Å². The second-order valence-electron chi connectivity index (χ2n) is 4.62. The van der Waals surface area contributed by atoms with E-state index in [0.717, 1.165) is 11.1 Å². The Kier molecular flexibility index (Phi) is 3.72. The minimum absolute atomic E-state index is 0.0472. The minimum atomic E-state index is -0.247. The Balaban J connectivity index is 1.95. The van der Waals surface area contributed by atoms with Gasteiger partial charge in [-0.3, -0.25) is 4.99 Å². The molecule has 7 heteroatoms. The molecule has 22 heavy (non-hydrogen) atoms. The first-order chi connectivity index (χ1) is 10.6. The van der Waals surface area contributed by atoms with Crippen molar-refractivity contribution in [3.8, 4) is 11.5 Å². The fraction of sp³-hybridized carbons (Fsp3) is 0.0667. The molecule has 0 fully saturated rings. The number of hydrogen-bond donors (Lipinski definition) is 3. The fourth-order valence-electron chi connectivity index (χ4n) is 2.07. The van der Waals surface area contributed by atoms with Gasteiger partial charge in [-0.1, -0.05) is 0 Å². The summed E-state index contributed by atoms with van der Waals surface area (Å²) in [7, 11) is 1.48. The molecule has 0 aliphatic rings. The molecule has 2 aromatic carbocycles. The summed E-state index contributed by atoms with van der Waals surface area (Å²) in [5.41, 5.74) is 2.65. The third kappa shape index (κ3) is 2.75. The Labute approximate surface area is 133 Å². The highest BCUT2D eigenvalue weighted by Crippen LogP contribution is 2.34. The number of fused-ring (bicyclic) bond motifs is 1. The number of phenols is 1. The van der Waals surface area contributed by atoms with Gasteiger partial charge in [0.05, 0.1) is 28.3 Å². The molecular formula is C15H12BrN3O3. The molecule has 0 saturated heterocycles. The molecule has 0 radical (unpaired) electrons. The van der Waals surface area contributed by atoms with Crippen LogP contribution in [0, 0.1) is 0 Å². The molecule has 0 spiro atoms. The number of imidazole rings is 1. The smallest absolute Gasteiger partial charge is 0.323 e. The van der Waals surface area contributed by atoms with Gasteiger partial charge in [-0.05, 0) is 51.8 Å². The van der Waals surface area contributed by atoms with Crippen molar-refractivity contribution >= 4 is 38.9 Å². The van der Waals surface area contributed by atoms with Crippen molar-refractivity contribution < 1.29 is 9.84 Å². The number of aromatic hydroxyl groups is 1. The van der Waals surface area contributed by atoms with Gasteiger partial charge in [-0.25, -0.2) is 4.79 Å². The summed E-state index contributed by atoms with van der Waals surface area (Å²) in [5, 5.41) is 9.77. The van der Waals surface area contributed by atoms with Crippen LogP contribution < -0.4 is 10.4 Å². The molecule has 0 aliphatic heterocycles. The summed E-state index contributed by atoms with van der Waals surface area (Å²) in [6.07, 6.45) is 1.65. The Morgan fingerprint density at radius 2 is 2.00 bits per heavy atom. The maximum atomic E-state index is 11.2. The number of benzene rings is 2. The van der Waals surface area contributed by atoms with E-state index in [-0.39, 0.29) is 11.4 Å². The van der Waals surface area contributed by atoms with Gasteiger partial charge < -0.3 is 19.8 Å². The molecule has 3 aromatic rings. The number of ether oxygens (including phenoxy) is 1. The van der Waals surface area contributed by atoms with E-state index < -0.39 is 0 Å². The molecule has 0 bridgehead atoms. The second-order valence-corrected chi connectivity index (χ2v) is 5.48. The van der Waals surface area contributed by atoms with Gasteiger partial charge in [0.25, 0.3) is 0 Å². The zero-order valence-electron chi connectivity index (χ0n) is 11.6. The van der Waals surface area contributed by atoms with Crippen LogP contribution in [0.2, 0.25) is 0 Å². The summed E-state index contributed by atoms with van der Waals surface area (Å²) in [6, 6.07) is 8.78. The molecule has 0 atom stereocenters. The van der Waals surface area contributed by atoms with Crippen LogP contribution in [0.3, 0.4) is 0 Å². The molecule has 0 amide bonds. The molecule has 0 unspecified atom stereocenters. The largest absolute Gasteiger partial charge is 0.503 e. The number of nitrogens with zero attached hydrogens (tertiary/aromatic N) is 1. The van der Waals surface area contributed by atoms with Crippen LogP contribution in [-0.2, 0) is 0 Å². The first-order valence-electron chi connectivity index (χ1n) is 6.39. The van der Waals surface area contributed by atoms with Gasteiger partial charge >= 0.3 is 5.69 Å². The number of H-pyrrole nitrogens is 2. The molecule has 1 heterocycles. The number of methoxy groups -OCH3 is 1. The average molecular weight is 362 g/mol. The highest BCUT2D eigenvalue weighted by atomic mass is 79.9. The number of aromatic nitrogens is 2. The van der Waals surface area contributed by atoms with Crippen molar-refractivity contribution in [2.24, 2.45) is 4.99 Å². The second kappa shape index (κ2) is 5.69. The average Bonchev–Trinajstić information content (AvgIpc) is 2.87. The lowest BCUT2D eigenvalue weighted by molar-refractivity contribution is 0.372. The summed E-state index contributed by atoms with van der Waals surface area (Å²) in [6.45, 7) is 0. The first kappa shape index (κ1) is 14.4. The predicted octanol–water partition coefficient (Wildman–Crippen LogP) is 3.08. The number of nitrogens with one attached hydrogen (secondary N) is 2. The maximum Gasteiger partial charge on any atom is 0.323 e. The van der Waals surface area contributed by atoms with Gasteiger partial charge in [0.15, 0.2) is 11.5 Å². The van der Waals surface area contributed by atoms with Crippen LogP contribution in [0.25, 0.3) is 11.0 Å². The van der Waals surface area contributed by atoms with Crippen molar-refractivity contribution in [1.82, 2.24) is 9.97 Å². The number of aromatic amines is 2. The van der Waals surface area contributed by atoms with E-state index in [2.05, 4.69) is 30.9 Å². The van der Waals surface area contributed by atoms with Crippen molar-refractivity contribution in [3.05, 3.63) is 50.9 Å². The SMILES string of the molecule is COc1cc(C=Nc2ccc3[nH]c(=O)[nH]c3c2)cc(Br)c1O. The number of rotatable bonds is 3. The quantitative estimate of drug-likeness (QED) is 0.626. The van der Waals surface area contributed by atoms with Crippen LogP contribution >= 0.6 is 15.9 Å². The van der Waals surface area contributed by atoms with E-state index in [0.29, 0.717) is 21.4 Å². The minimum Gasteiger partial charge on any atom is -0.503 e. The van der Waals surface area contributed by atoms with Crippen molar-refractivity contribution in [2.75, 3.05) is 7.11 Å². The maximum absolute atomic E-state index is 11.2. The van der Waals surface area contributed by atoms with Crippen molar-refractivity contribution in [3.63, 3.8) is 0 Å². The third-order valence-electron chi connectivity index (χ3n) is 3.13. The van der Waals surface area contributed by atoms with Gasteiger partial charge in [-0.15, -0.1) is 0 Å². The monoisotopic (exact) mass is 361 g/mol. The molecule has 3 rings (SSSR count). The number of hydrogen-bond acceptors (Lipinski definition) is 4.